The molecule has 0 saturated heterocycles. The number of alkyl halides is 3. The maximum atomic E-state index is 13.2. The third kappa shape index (κ3) is 4.96. The van der Waals surface area contributed by atoms with E-state index in [0.29, 0.717) is 5.69 Å². The van der Waals surface area contributed by atoms with Crippen LogP contribution in [0.4, 0.5) is 30.6 Å². The van der Waals surface area contributed by atoms with Crippen molar-refractivity contribution in [2.75, 3.05) is 10.6 Å². The smallest absolute Gasteiger partial charge is 0.351 e. The fourth-order valence-corrected chi connectivity index (χ4v) is 3.37. The van der Waals surface area contributed by atoms with Gasteiger partial charge in [0, 0.05) is 15.7 Å². The van der Waals surface area contributed by atoms with Crippen molar-refractivity contribution in [3.05, 3.63) is 39.6 Å². The quantitative estimate of drug-likeness (QED) is 0.582. The van der Waals surface area contributed by atoms with E-state index < -0.39 is 11.9 Å². The molecule has 1 heterocycles. The summed E-state index contributed by atoms with van der Waals surface area (Å²) in [4.78, 5) is 7.91. The molecule has 134 valence electrons. The fourth-order valence-electron chi connectivity index (χ4n) is 2.85. The van der Waals surface area contributed by atoms with Crippen LogP contribution >= 0.6 is 22.6 Å². The maximum absolute atomic E-state index is 13.2. The van der Waals surface area contributed by atoms with Gasteiger partial charge in [0.25, 0.3) is 0 Å². The minimum atomic E-state index is -4.52. The summed E-state index contributed by atoms with van der Waals surface area (Å²) in [6.45, 7) is 0. The Kier molecular flexibility index (Phi) is 5.65. The Labute approximate surface area is 157 Å². The van der Waals surface area contributed by atoms with E-state index in [1.54, 1.807) is 6.07 Å². The van der Waals surface area contributed by atoms with Crippen LogP contribution in [0.15, 0.2) is 30.3 Å². The summed E-state index contributed by atoms with van der Waals surface area (Å²) in [5.41, 5.74) is -0.243. The molecule has 0 radical (unpaired) electrons. The van der Waals surface area contributed by atoms with E-state index in [1.165, 1.54) is 6.42 Å². The van der Waals surface area contributed by atoms with E-state index >= 15 is 0 Å². The molecule has 8 heteroatoms. The third-order valence-corrected chi connectivity index (χ3v) is 5.03. The average Bonchev–Trinajstić information content (AvgIpc) is 2.57. The molecule has 0 aliphatic heterocycles. The zero-order valence-corrected chi connectivity index (χ0v) is 15.6. The van der Waals surface area contributed by atoms with Crippen molar-refractivity contribution in [3.8, 4) is 0 Å². The molecule has 1 aromatic carbocycles. The molecule has 1 aliphatic rings. The summed E-state index contributed by atoms with van der Waals surface area (Å²) in [6.07, 6.45) is 0.652. The zero-order chi connectivity index (χ0) is 17.9. The maximum Gasteiger partial charge on any atom is 0.433 e. The minimum absolute atomic E-state index is 0.0233. The van der Waals surface area contributed by atoms with Crippen LogP contribution in [0.2, 0.25) is 0 Å². The standard InChI is InChI=1S/C17H18F3IN4/c18-17(19,20)14-10-15(23-13-9-5-4-8-12(13)21)25-16(24-14)22-11-6-2-1-3-7-11/h4-5,8-11H,1-3,6-7H2,(H2,22,23,24,25). The summed E-state index contributed by atoms with van der Waals surface area (Å²) >= 11 is 2.12. The number of benzene rings is 1. The molecule has 0 unspecified atom stereocenters. The molecule has 0 atom stereocenters. The van der Waals surface area contributed by atoms with Crippen LogP contribution in [0.1, 0.15) is 37.8 Å². The molecule has 0 spiro atoms. The lowest BCUT2D eigenvalue weighted by Gasteiger charge is -2.23. The molecule has 25 heavy (non-hydrogen) atoms. The summed E-state index contributed by atoms with van der Waals surface area (Å²) in [7, 11) is 0. The Morgan fingerprint density at radius 2 is 1.76 bits per heavy atom. The number of aromatic nitrogens is 2. The number of nitrogens with one attached hydrogen (secondary N) is 2. The molecular weight excluding hydrogens is 444 g/mol. The van der Waals surface area contributed by atoms with Gasteiger partial charge >= 0.3 is 6.18 Å². The first-order valence-electron chi connectivity index (χ1n) is 8.16. The summed E-state index contributed by atoms with van der Waals surface area (Å²) in [6, 6.07) is 8.42. The molecule has 1 fully saturated rings. The molecular formula is C17H18F3IN4. The van der Waals surface area contributed by atoms with Crippen molar-refractivity contribution in [2.24, 2.45) is 0 Å². The second kappa shape index (κ2) is 7.76. The van der Waals surface area contributed by atoms with Gasteiger partial charge in [-0.2, -0.15) is 18.2 Å². The molecule has 1 saturated carbocycles. The number of hydrogen-bond donors (Lipinski definition) is 2. The van der Waals surface area contributed by atoms with Crippen LogP contribution < -0.4 is 10.6 Å². The lowest BCUT2D eigenvalue weighted by molar-refractivity contribution is -0.141. The van der Waals surface area contributed by atoms with Crippen molar-refractivity contribution >= 4 is 40.0 Å². The van der Waals surface area contributed by atoms with Crippen LogP contribution in [-0.2, 0) is 6.18 Å². The Morgan fingerprint density at radius 1 is 1.04 bits per heavy atom. The highest BCUT2D eigenvalue weighted by molar-refractivity contribution is 14.1. The predicted octanol–water partition coefficient (Wildman–Crippen LogP) is 5.59. The van der Waals surface area contributed by atoms with Gasteiger partial charge in [0.15, 0.2) is 5.69 Å². The number of nitrogens with zero attached hydrogens (tertiary/aromatic N) is 2. The largest absolute Gasteiger partial charge is 0.433 e. The first kappa shape index (κ1) is 18.2. The summed E-state index contributed by atoms with van der Waals surface area (Å²) in [5.74, 6) is 0.153. The SMILES string of the molecule is FC(F)(F)c1cc(Nc2ccccc2I)nc(NC2CCCCC2)n1. The van der Waals surface area contributed by atoms with E-state index in [-0.39, 0.29) is 17.8 Å². The van der Waals surface area contributed by atoms with Crippen LogP contribution in [0.3, 0.4) is 0 Å². The van der Waals surface area contributed by atoms with Gasteiger partial charge in [-0.3, -0.25) is 0 Å². The molecule has 0 amide bonds. The van der Waals surface area contributed by atoms with Gasteiger partial charge in [-0.25, -0.2) is 4.98 Å². The normalized spacial score (nSPS) is 15.8. The number of anilines is 3. The highest BCUT2D eigenvalue weighted by Crippen LogP contribution is 2.31. The first-order valence-corrected chi connectivity index (χ1v) is 9.24. The van der Waals surface area contributed by atoms with Crippen molar-refractivity contribution in [1.29, 1.82) is 0 Å². The van der Waals surface area contributed by atoms with Crippen LogP contribution in [0.25, 0.3) is 0 Å². The number of halogens is 4. The predicted molar refractivity (Wildman–Crippen MR) is 100.0 cm³/mol. The van der Waals surface area contributed by atoms with Gasteiger partial charge in [-0.15, -0.1) is 0 Å². The van der Waals surface area contributed by atoms with E-state index in [9.17, 15) is 13.2 Å². The lowest BCUT2D eigenvalue weighted by atomic mass is 9.96. The second-order valence-electron chi connectivity index (χ2n) is 6.04. The van der Waals surface area contributed by atoms with Gasteiger partial charge in [-0.1, -0.05) is 31.4 Å². The monoisotopic (exact) mass is 462 g/mol. The van der Waals surface area contributed by atoms with Gasteiger partial charge in [-0.05, 0) is 47.6 Å². The molecule has 0 bridgehead atoms. The van der Waals surface area contributed by atoms with E-state index in [4.69, 9.17) is 0 Å². The summed E-state index contributed by atoms with van der Waals surface area (Å²) < 4.78 is 40.5. The Bertz CT molecular complexity index is 730. The number of rotatable bonds is 4. The Hall–Kier alpha value is -1.58. The van der Waals surface area contributed by atoms with Crippen LogP contribution in [0.5, 0.6) is 0 Å². The first-order chi connectivity index (χ1) is 11.9. The van der Waals surface area contributed by atoms with Gasteiger partial charge in [0.05, 0.1) is 5.69 Å². The Morgan fingerprint density at radius 3 is 2.44 bits per heavy atom. The highest BCUT2D eigenvalue weighted by Gasteiger charge is 2.34. The van der Waals surface area contributed by atoms with Crippen molar-refractivity contribution in [2.45, 2.75) is 44.3 Å². The Balaban J connectivity index is 1.88. The molecule has 1 aromatic heterocycles. The van der Waals surface area contributed by atoms with E-state index in [2.05, 4.69) is 43.2 Å². The molecule has 3 rings (SSSR count). The summed E-state index contributed by atoms with van der Waals surface area (Å²) in [5, 5.41) is 6.03. The zero-order valence-electron chi connectivity index (χ0n) is 13.4. The van der Waals surface area contributed by atoms with Gasteiger partial charge < -0.3 is 10.6 Å². The third-order valence-electron chi connectivity index (χ3n) is 4.09. The number of hydrogen-bond acceptors (Lipinski definition) is 4. The average molecular weight is 462 g/mol. The molecule has 2 aromatic rings. The molecule has 1 aliphatic carbocycles. The molecule has 2 N–H and O–H groups in total. The van der Waals surface area contributed by atoms with Crippen molar-refractivity contribution in [1.82, 2.24) is 9.97 Å². The minimum Gasteiger partial charge on any atom is -0.351 e. The number of para-hydroxylation sites is 1. The topological polar surface area (TPSA) is 49.8 Å². The van der Waals surface area contributed by atoms with Gasteiger partial charge in [0.2, 0.25) is 5.95 Å². The van der Waals surface area contributed by atoms with Crippen LogP contribution in [0, 0.1) is 3.57 Å². The van der Waals surface area contributed by atoms with E-state index in [0.717, 1.165) is 35.3 Å². The second-order valence-corrected chi connectivity index (χ2v) is 7.21. The van der Waals surface area contributed by atoms with Crippen molar-refractivity contribution in [3.63, 3.8) is 0 Å². The van der Waals surface area contributed by atoms with Gasteiger partial charge in [0.1, 0.15) is 5.82 Å². The fraction of sp³-hybridized carbons (Fsp3) is 0.412. The lowest BCUT2D eigenvalue weighted by Crippen LogP contribution is -2.24. The van der Waals surface area contributed by atoms with Crippen molar-refractivity contribution < 1.29 is 13.2 Å². The highest BCUT2D eigenvalue weighted by atomic mass is 127. The van der Waals surface area contributed by atoms with E-state index in [1.807, 2.05) is 18.2 Å². The van der Waals surface area contributed by atoms with Crippen LogP contribution in [-0.4, -0.2) is 16.0 Å². The molecule has 4 nitrogen and oxygen atoms in total.